The van der Waals surface area contributed by atoms with Gasteiger partial charge >= 0.3 is 5.97 Å². The summed E-state index contributed by atoms with van der Waals surface area (Å²) in [5, 5.41) is 2.69. The minimum Gasteiger partial charge on any atom is -0.497 e. The normalized spacial score (nSPS) is 10.6. The summed E-state index contributed by atoms with van der Waals surface area (Å²) in [6.07, 6.45) is 0. The van der Waals surface area contributed by atoms with E-state index in [0.29, 0.717) is 35.6 Å². The van der Waals surface area contributed by atoms with Crippen LogP contribution in [0.1, 0.15) is 28.5 Å². The topological polar surface area (TPSA) is 99.5 Å². The molecule has 0 aliphatic rings. The van der Waals surface area contributed by atoms with Gasteiger partial charge < -0.3 is 19.4 Å². The molecule has 1 amide bonds. The predicted octanol–water partition coefficient (Wildman–Crippen LogP) is 2.21. The van der Waals surface area contributed by atoms with Crippen LogP contribution in [0.5, 0.6) is 5.75 Å². The molecular weight excluding hydrogens is 386 g/mol. The maximum Gasteiger partial charge on any atom is 0.338 e. The predicted molar refractivity (Wildman–Crippen MR) is 112 cm³/mol. The Morgan fingerprint density at radius 2 is 1.97 bits per heavy atom. The number of esters is 1. The molecule has 1 N–H and O–H groups in total. The number of hydrogen-bond donors (Lipinski definition) is 1. The Kier molecular flexibility index (Phi) is 6.46. The van der Waals surface area contributed by atoms with Gasteiger partial charge in [-0.2, -0.15) is 0 Å². The van der Waals surface area contributed by atoms with E-state index in [-0.39, 0.29) is 11.1 Å². The van der Waals surface area contributed by atoms with Crippen molar-refractivity contribution in [3.8, 4) is 5.75 Å². The van der Waals surface area contributed by atoms with Crippen LogP contribution in [0.15, 0.2) is 47.3 Å². The van der Waals surface area contributed by atoms with Gasteiger partial charge in [0.05, 0.1) is 23.7 Å². The highest BCUT2D eigenvalue weighted by Crippen LogP contribution is 2.15. The van der Waals surface area contributed by atoms with E-state index in [0.717, 1.165) is 5.56 Å². The molecule has 0 atom stereocenters. The van der Waals surface area contributed by atoms with E-state index in [2.05, 4.69) is 10.3 Å². The number of benzene rings is 2. The van der Waals surface area contributed by atoms with Gasteiger partial charge in [0, 0.05) is 13.1 Å². The third-order valence-corrected chi connectivity index (χ3v) is 4.62. The van der Waals surface area contributed by atoms with Crippen molar-refractivity contribution >= 4 is 22.9 Å². The summed E-state index contributed by atoms with van der Waals surface area (Å²) < 4.78 is 11.8. The number of nitrogens with one attached hydrogen (secondary N) is 1. The molecule has 0 unspecified atom stereocenters. The number of amides is 1. The first-order valence-electron chi connectivity index (χ1n) is 9.51. The van der Waals surface area contributed by atoms with Crippen molar-refractivity contribution in [3.05, 3.63) is 69.6 Å². The second-order valence-corrected chi connectivity index (χ2v) is 6.65. The highest BCUT2D eigenvalue weighted by molar-refractivity contribution is 5.94. The van der Waals surface area contributed by atoms with Crippen molar-refractivity contribution in [1.82, 2.24) is 14.9 Å². The van der Waals surface area contributed by atoms with Crippen LogP contribution in [0.2, 0.25) is 0 Å². The minimum absolute atomic E-state index is 0.159. The van der Waals surface area contributed by atoms with Gasteiger partial charge in [0.15, 0.2) is 6.61 Å². The van der Waals surface area contributed by atoms with Crippen molar-refractivity contribution in [1.29, 1.82) is 0 Å². The van der Waals surface area contributed by atoms with Crippen LogP contribution < -0.4 is 15.6 Å². The number of aryl methyl sites for hydroxylation is 2. The second-order valence-electron chi connectivity index (χ2n) is 6.65. The van der Waals surface area contributed by atoms with Gasteiger partial charge in [0.1, 0.15) is 11.4 Å². The van der Waals surface area contributed by atoms with Crippen LogP contribution in [-0.2, 0) is 22.6 Å². The van der Waals surface area contributed by atoms with Crippen molar-refractivity contribution in [3.63, 3.8) is 0 Å². The maximum absolute atomic E-state index is 12.3. The number of hydrogen-bond acceptors (Lipinski definition) is 6. The van der Waals surface area contributed by atoms with Crippen LogP contribution in [0.25, 0.3) is 11.0 Å². The molecule has 0 bridgehead atoms. The number of ether oxygens (including phenoxy) is 2. The number of rotatable bonds is 7. The van der Waals surface area contributed by atoms with Gasteiger partial charge in [-0.05, 0) is 49.7 Å². The molecule has 3 rings (SSSR count). The maximum atomic E-state index is 12.3. The smallest absolute Gasteiger partial charge is 0.338 e. The quantitative estimate of drug-likeness (QED) is 0.601. The Balaban J connectivity index is 1.62. The van der Waals surface area contributed by atoms with Crippen molar-refractivity contribution in [2.24, 2.45) is 0 Å². The van der Waals surface area contributed by atoms with Gasteiger partial charge in [0.25, 0.3) is 11.5 Å². The Morgan fingerprint density at radius 1 is 1.17 bits per heavy atom. The molecule has 0 aliphatic carbocycles. The Hall–Kier alpha value is -3.68. The van der Waals surface area contributed by atoms with Gasteiger partial charge in [-0.15, -0.1) is 0 Å². The standard InChI is InChI=1S/C22H23N3O5/c1-4-25-19-9-8-16(11-18(19)24-14(2)21(25)27)22(28)30-13-20(26)23-12-15-6-5-7-17(10-15)29-3/h5-11H,4,12-13H2,1-3H3,(H,23,26). The summed E-state index contributed by atoms with van der Waals surface area (Å²) in [7, 11) is 1.57. The van der Waals surface area contributed by atoms with Crippen molar-refractivity contribution in [2.45, 2.75) is 26.9 Å². The molecule has 0 radical (unpaired) electrons. The monoisotopic (exact) mass is 409 g/mol. The van der Waals surface area contributed by atoms with Gasteiger partial charge in [0.2, 0.25) is 0 Å². The second kappa shape index (κ2) is 9.21. The lowest BCUT2D eigenvalue weighted by Crippen LogP contribution is -2.28. The first-order chi connectivity index (χ1) is 14.4. The molecule has 2 aromatic carbocycles. The summed E-state index contributed by atoms with van der Waals surface area (Å²) in [4.78, 5) is 40.8. The zero-order valence-electron chi connectivity index (χ0n) is 17.1. The molecule has 156 valence electrons. The lowest BCUT2D eigenvalue weighted by Gasteiger charge is -2.10. The third kappa shape index (κ3) is 4.65. The SMILES string of the molecule is CCn1c(=O)c(C)nc2cc(C(=O)OCC(=O)NCc3cccc(OC)c3)ccc21. The zero-order chi connectivity index (χ0) is 21.7. The third-order valence-electron chi connectivity index (χ3n) is 4.62. The molecular formula is C22H23N3O5. The first kappa shape index (κ1) is 21.0. The van der Waals surface area contributed by atoms with E-state index < -0.39 is 18.5 Å². The largest absolute Gasteiger partial charge is 0.497 e. The average Bonchev–Trinajstić information content (AvgIpc) is 2.76. The van der Waals surface area contributed by atoms with Crippen LogP contribution >= 0.6 is 0 Å². The number of carbonyl (C=O) groups excluding carboxylic acids is 2. The number of fused-ring (bicyclic) bond motifs is 1. The fourth-order valence-electron chi connectivity index (χ4n) is 3.06. The molecule has 0 aliphatic heterocycles. The molecule has 3 aromatic rings. The molecule has 1 aromatic heterocycles. The number of nitrogens with zero attached hydrogens (tertiary/aromatic N) is 2. The van der Waals surface area contributed by atoms with Crippen LogP contribution in [0, 0.1) is 6.92 Å². The number of carbonyl (C=O) groups is 2. The fraction of sp³-hybridized carbons (Fsp3) is 0.273. The molecule has 0 spiro atoms. The van der Waals surface area contributed by atoms with E-state index >= 15 is 0 Å². The molecule has 8 heteroatoms. The van der Waals surface area contributed by atoms with Crippen LogP contribution in [0.4, 0.5) is 0 Å². The molecule has 0 fully saturated rings. The number of aromatic nitrogens is 2. The number of methoxy groups -OCH3 is 1. The Morgan fingerprint density at radius 3 is 2.70 bits per heavy atom. The zero-order valence-corrected chi connectivity index (χ0v) is 17.1. The first-order valence-corrected chi connectivity index (χ1v) is 9.51. The Bertz CT molecular complexity index is 1150. The highest BCUT2D eigenvalue weighted by atomic mass is 16.5. The van der Waals surface area contributed by atoms with Crippen LogP contribution in [0.3, 0.4) is 0 Å². The van der Waals surface area contributed by atoms with E-state index in [4.69, 9.17) is 9.47 Å². The Labute approximate surface area is 173 Å². The molecule has 0 saturated carbocycles. The van der Waals surface area contributed by atoms with Gasteiger partial charge in [-0.3, -0.25) is 9.59 Å². The molecule has 1 heterocycles. The lowest BCUT2D eigenvalue weighted by molar-refractivity contribution is -0.124. The van der Waals surface area contributed by atoms with Crippen molar-refractivity contribution < 1.29 is 19.1 Å². The molecule has 0 saturated heterocycles. The summed E-state index contributed by atoms with van der Waals surface area (Å²) in [6, 6.07) is 12.1. The van der Waals surface area contributed by atoms with Crippen molar-refractivity contribution in [2.75, 3.05) is 13.7 Å². The van der Waals surface area contributed by atoms with E-state index in [1.807, 2.05) is 31.2 Å². The van der Waals surface area contributed by atoms with E-state index in [9.17, 15) is 14.4 Å². The average molecular weight is 409 g/mol. The summed E-state index contributed by atoms with van der Waals surface area (Å²) in [6.45, 7) is 3.89. The van der Waals surface area contributed by atoms with Gasteiger partial charge in [-0.1, -0.05) is 12.1 Å². The summed E-state index contributed by atoms with van der Waals surface area (Å²) >= 11 is 0. The van der Waals surface area contributed by atoms with Gasteiger partial charge in [-0.25, -0.2) is 9.78 Å². The highest BCUT2D eigenvalue weighted by Gasteiger charge is 2.13. The molecule has 30 heavy (non-hydrogen) atoms. The fourth-order valence-corrected chi connectivity index (χ4v) is 3.06. The summed E-state index contributed by atoms with van der Waals surface area (Å²) in [5.41, 5.74) is 2.48. The summed E-state index contributed by atoms with van der Waals surface area (Å²) in [5.74, 6) is -0.357. The molecule has 8 nitrogen and oxygen atoms in total. The minimum atomic E-state index is -0.637. The lowest BCUT2D eigenvalue weighted by atomic mass is 10.2. The van der Waals surface area contributed by atoms with E-state index in [1.54, 1.807) is 36.8 Å². The van der Waals surface area contributed by atoms with E-state index in [1.165, 1.54) is 0 Å². The van der Waals surface area contributed by atoms with Crippen LogP contribution in [-0.4, -0.2) is 35.1 Å².